The highest BCUT2D eigenvalue weighted by atomic mass is 14.1. The lowest BCUT2D eigenvalue weighted by Crippen LogP contribution is -1.94. The topological polar surface area (TPSA) is 0 Å². The molecule has 0 bridgehead atoms. The maximum absolute atomic E-state index is 2.42. The van der Waals surface area contributed by atoms with Crippen LogP contribution in [0, 0.1) is 5.92 Å². The van der Waals surface area contributed by atoms with Crippen molar-refractivity contribution in [2.24, 2.45) is 5.92 Å². The van der Waals surface area contributed by atoms with Crippen LogP contribution in [0.2, 0.25) is 0 Å². The average Bonchev–Trinajstić information content (AvgIpc) is 2.25. The Kier molecular flexibility index (Phi) is 12.1. The molecule has 0 radical (unpaired) electrons. The van der Waals surface area contributed by atoms with E-state index < -0.39 is 0 Å². The molecule has 0 spiro atoms. The summed E-state index contributed by atoms with van der Waals surface area (Å²) in [5, 5.41) is 0. The molecule has 0 aliphatic heterocycles. The third-order valence-corrected chi connectivity index (χ3v) is 3.35. The highest BCUT2D eigenvalue weighted by molar-refractivity contribution is 4.54. The minimum absolute atomic E-state index is 0.973. The van der Waals surface area contributed by atoms with Crippen molar-refractivity contribution in [3.8, 4) is 0 Å². The molecule has 0 unspecified atom stereocenters. The minimum atomic E-state index is 0.973. The predicted molar refractivity (Wildman–Crippen MR) is 71.3 cm³/mol. The molecule has 1 atom stereocenters. The van der Waals surface area contributed by atoms with Gasteiger partial charge in [-0.1, -0.05) is 91.4 Å². The van der Waals surface area contributed by atoms with Crippen molar-refractivity contribution in [1.29, 1.82) is 0 Å². The SMILES string of the molecule is CCCCCCCCC[C@H](C)CCCC. The first kappa shape index (κ1) is 15.0. The molecule has 0 saturated heterocycles. The lowest BCUT2D eigenvalue weighted by molar-refractivity contribution is 0.441. The first-order chi connectivity index (χ1) is 7.31. The van der Waals surface area contributed by atoms with Gasteiger partial charge in [-0.05, 0) is 5.92 Å². The maximum atomic E-state index is 2.42. The Bertz CT molecular complexity index is 107. The van der Waals surface area contributed by atoms with E-state index in [1.807, 2.05) is 0 Å². The fourth-order valence-electron chi connectivity index (χ4n) is 2.15. The van der Waals surface area contributed by atoms with E-state index in [0.29, 0.717) is 0 Å². The van der Waals surface area contributed by atoms with Crippen molar-refractivity contribution in [1.82, 2.24) is 0 Å². The molecule has 0 aliphatic carbocycles. The molecular weight excluding hydrogens is 180 g/mol. The van der Waals surface area contributed by atoms with E-state index in [2.05, 4.69) is 20.8 Å². The lowest BCUT2D eigenvalue weighted by atomic mass is 9.97. The van der Waals surface area contributed by atoms with Crippen molar-refractivity contribution < 1.29 is 0 Å². The van der Waals surface area contributed by atoms with Gasteiger partial charge in [0.15, 0.2) is 0 Å². The summed E-state index contributed by atoms with van der Waals surface area (Å²) < 4.78 is 0. The Morgan fingerprint density at radius 3 is 1.67 bits per heavy atom. The van der Waals surface area contributed by atoms with E-state index in [-0.39, 0.29) is 0 Å². The third kappa shape index (κ3) is 11.9. The Morgan fingerprint density at radius 1 is 0.600 bits per heavy atom. The van der Waals surface area contributed by atoms with Gasteiger partial charge >= 0.3 is 0 Å². The fraction of sp³-hybridized carbons (Fsp3) is 1.00. The monoisotopic (exact) mass is 212 g/mol. The minimum Gasteiger partial charge on any atom is -0.0654 e. The molecule has 15 heavy (non-hydrogen) atoms. The highest BCUT2D eigenvalue weighted by Crippen LogP contribution is 2.16. The van der Waals surface area contributed by atoms with Gasteiger partial charge in [-0.15, -0.1) is 0 Å². The molecule has 0 aromatic heterocycles. The molecular formula is C15H32. The number of rotatable bonds is 11. The van der Waals surface area contributed by atoms with Crippen LogP contribution in [0.4, 0.5) is 0 Å². The van der Waals surface area contributed by atoms with E-state index >= 15 is 0 Å². The highest BCUT2D eigenvalue weighted by Gasteiger charge is 2.00. The standard InChI is InChI=1S/C15H32/c1-4-6-8-9-10-11-12-14-15(3)13-7-5-2/h15H,4-14H2,1-3H3/t15-/m1/s1. The van der Waals surface area contributed by atoms with Gasteiger partial charge in [-0.25, -0.2) is 0 Å². The number of hydrogen-bond donors (Lipinski definition) is 0. The fourth-order valence-corrected chi connectivity index (χ4v) is 2.15. The second kappa shape index (κ2) is 12.1. The molecule has 0 fully saturated rings. The number of unbranched alkanes of at least 4 members (excludes halogenated alkanes) is 7. The maximum Gasteiger partial charge on any atom is -0.0443 e. The number of hydrogen-bond acceptors (Lipinski definition) is 0. The zero-order chi connectivity index (χ0) is 11.4. The summed E-state index contributed by atoms with van der Waals surface area (Å²) >= 11 is 0. The molecule has 0 nitrogen and oxygen atoms in total. The van der Waals surface area contributed by atoms with Gasteiger partial charge in [-0.3, -0.25) is 0 Å². The Labute approximate surface area is 97.8 Å². The van der Waals surface area contributed by atoms with Crippen LogP contribution in [0.15, 0.2) is 0 Å². The van der Waals surface area contributed by atoms with Crippen LogP contribution in [-0.2, 0) is 0 Å². The van der Waals surface area contributed by atoms with Crippen molar-refractivity contribution in [3.05, 3.63) is 0 Å². The first-order valence-corrected chi connectivity index (χ1v) is 7.31. The van der Waals surface area contributed by atoms with Crippen LogP contribution >= 0.6 is 0 Å². The van der Waals surface area contributed by atoms with Gasteiger partial charge in [0, 0.05) is 0 Å². The normalized spacial score (nSPS) is 13.0. The summed E-state index contributed by atoms with van der Waals surface area (Å²) in [7, 11) is 0. The van der Waals surface area contributed by atoms with Crippen LogP contribution in [0.1, 0.15) is 91.4 Å². The van der Waals surface area contributed by atoms with E-state index in [1.54, 1.807) is 0 Å². The average molecular weight is 212 g/mol. The van der Waals surface area contributed by atoms with Crippen molar-refractivity contribution in [3.63, 3.8) is 0 Å². The van der Waals surface area contributed by atoms with Gasteiger partial charge in [0.05, 0.1) is 0 Å². The van der Waals surface area contributed by atoms with E-state index in [4.69, 9.17) is 0 Å². The zero-order valence-electron chi connectivity index (χ0n) is 11.4. The second-order valence-corrected chi connectivity index (χ2v) is 5.16. The van der Waals surface area contributed by atoms with Gasteiger partial charge in [-0.2, -0.15) is 0 Å². The van der Waals surface area contributed by atoms with E-state index in [0.717, 1.165) is 5.92 Å². The molecule has 0 N–H and O–H groups in total. The molecule has 0 aliphatic rings. The molecule has 0 amide bonds. The Hall–Kier alpha value is 0. The Morgan fingerprint density at radius 2 is 1.07 bits per heavy atom. The Balaban J connectivity index is 3.02. The summed E-state index contributed by atoms with van der Waals surface area (Å²) in [5.41, 5.74) is 0. The predicted octanol–water partition coefficient (Wildman–Crippen LogP) is 5.95. The first-order valence-electron chi connectivity index (χ1n) is 7.31. The lowest BCUT2D eigenvalue weighted by Gasteiger charge is -2.09. The molecule has 92 valence electrons. The van der Waals surface area contributed by atoms with Crippen LogP contribution < -0.4 is 0 Å². The summed E-state index contributed by atoms with van der Waals surface area (Å²) in [6.07, 6.45) is 15.9. The molecule has 0 heteroatoms. The molecule has 0 aromatic rings. The molecule has 0 aromatic carbocycles. The third-order valence-electron chi connectivity index (χ3n) is 3.35. The van der Waals surface area contributed by atoms with Crippen LogP contribution in [0.3, 0.4) is 0 Å². The van der Waals surface area contributed by atoms with Crippen LogP contribution in [-0.4, -0.2) is 0 Å². The zero-order valence-corrected chi connectivity index (χ0v) is 11.4. The smallest absolute Gasteiger partial charge is 0.0443 e. The van der Waals surface area contributed by atoms with Gasteiger partial charge in [0.1, 0.15) is 0 Å². The van der Waals surface area contributed by atoms with Crippen molar-refractivity contribution >= 4 is 0 Å². The van der Waals surface area contributed by atoms with Gasteiger partial charge < -0.3 is 0 Å². The van der Waals surface area contributed by atoms with E-state index in [9.17, 15) is 0 Å². The molecule has 0 saturated carbocycles. The van der Waals surface area contributed by atoms with Gasteiger partial charge in [0.25, 0.3) is 0 Å². The molecule has 0 rings (SSSR count). The molecule has 0 heterocycles. The summed E-state index contributed by atoms with van der Waals surface area (Å²) in [4.78, 5) is 0. The largest absolute Gasteiger partial charge is 0.0654 e. The summed E-state index contributed by atoms with van der Waals surface area (Å²) in [5.74, 6) is 0.973. The van der Waals surface area contributed by atoms with Crippen molar-refractivity contribution in [2.45, 2.75) is 91.4 Å². The van der Waals surface area contributed by atoms with Crippen LogP contribution in [0.5, 0.6) is 0 Å². The summed E-state index contributed by atoms with van der Waals surface area (Å²) in [6.45, 7) is 7.00. The summed E-state index contributed by atoms with van der Waals surface area (Å²) in [6, 6.07) is 0. The van der Waals surface area contributed by atoms with E-state index in [1.165, 1.54) is 70.6 Å². The van der Waals surface area contributed by atoms with Crippen LogP contribution in [0.25, 0.3) is 0 Å². The van der Waals surface area contributed by atoms with Gasteiger partial charge in [0.2, 0.25) is 0 Å². The van der Waals surface area contributed by atoms with Crippen molar-refractivity contribution in [2.75, 3.05) is 0 Å². The quantitative estimate of drug-likeness (QED) is 0.371. The second-order valence-electron chi connectivity index (χ2n) is 5.16.